The number of nitrogens with zero attached hydrogens (tertiary/aromatic N) is 1. The molecular formula is C13H16N2O3S2. The molecule has 1 N–H and O–H groups in total. The average Bonchev–Trinajstić information content (AvgIpc) is 2.83. The first-order chi connectivity index (χ1) is 9.54. The molecule has 0 spiro atoms. The SMILES string of the molecule is COCCNS(=O)(=O)c1sc(-c2cccnc2)cc1C. The minimum absolute atomic E-state index is 0.262. The fraction of sp³-hybridized carbons (Fsp3) is 0.308. The standard InChI is InChI=1S/C13H16N2O3S2/c1-10-8-12(11-4-3-5-14-9-11)19-13(10)20(16,17)15-6-7-18-2/h3-5,8-9,15H,6-7H2,1-2H3. The van der Waals surface area contributed by atoms with Crippen LogP contribution in [-0.2, 0) is 14.8 Å². The van der Waals surface area contributed by atoms with Gasteiger partial charge in [-0.3, -0.25) is 4.98 Å². The lowest BCUT2D eigenvalue weighted by Gasteiger charge is -2.04. The van der Waals surface area contributed by atoms with Crippen LogP contribution in [0.5, 0.6) is 0 Å². The predicted octanol–water partition coefficient (Wildman–Crippen LogP) is 2.04. The molecule has 2 aromatic heterocycles. The summed E-state index contributed by atoms with van der Waals surface area (Å²) in [6.45, 7) is 2.40. The van der Waals surface area contributed by atoms with Gasteiger partial charge in [-0.25, -0.2) is 13.1 Å². The van der Waals surface area contributed by atoms with Crippen LogP contribution >= 0.6 is 11.3 Å². The van der Waals surface area contributed by atoms with Crippen LogP contribution in [0.25, 0.3) is 10.4 Å². The van der Waals surface area contributed by atoms with Crippen molar-refractivity contribution < 1.29 is 13.2 Å². The van der Waals surface area contributed by atoms with Gasteiger partial charge in [0, 0.05) is 36.5 Å². The maximum absolute atomic E-state index is 12.2. The second-order valence-corrected chi connectivity index (χ2v) is 7.23. The van der Waals surface area contributed by atoms with Crippen LogP contribution in [0.3, 0.4) is 0 Å². The third kappa shape index (κ3) is 3.43. The zero-order chi connectivity index (χ0) is 14.6. The van der Waals surface area contributed by atoms with E-state index in [4.69, 9.17) is 4.74 Å². The number of rotatable bonds is 6. The molecule has 0 radical (unpaired) electrons. The summed E-state index contributed by atoms with van der Waals surface area (Å²) in [6, 6.07) is 5.61. The van der Waals surface area contributed by atoms with Gasteiger partial charge in [0.25, 0.3) is 0 Å². The average molecular weight is 312 g/mol. The Bertz CT molecular complexity index is 666. The largest absolute Gasteiger partial charge is 0.383 e. The van der Waals surface area contributed by atoms with Crippen LogP contribution < -0.4 is 4.72 Å². The van der Waals surface area contributed by atoms with Gasteiger partial charge in [0.1, 0.15) is 4.21 Å². The first-order valence-electron chi connectivity index (χ1n) is 6.04. The van der Waals surface area contributed by atoms with Crippen molar-refractivity contribution in [3.63, 3.8) is 0 Å². The van der Waals surface area contributed by atoms with E-state index >= 15 is 0 Å². The Morgan fingerprint density at radius 3 is 2.90 bits per heavy atom. The van der Waals surface area contributed by atoms with Gasteiger partial charge in [-0.05, 0) is 24.6 Å². The number of pyridine rings is 1. The van der Waals surface area contributed by atoms with Crippen molar-refractivity contribution in [1.29, 1.82) is 0 Å². The van der Waals surface area contributed by atoms with Crippen LogP contribution in [0.2, 0.25) is 0 Å². The lowest BCUT2D eigenvalue weighted by atomic mass is 10.2. The summed E-state index contributed by atoms with van der Waals surface area (Å²) in [5, 5.41) is 0. The lowest BCUT2D eigenvalue weighted by molar-refractivity contribution is 0.204. The van der Waals surface area contributed by atoms with Crippen molar-refractivity contribution >= 4 is 21.4 Å². The quantitative estimate of drug-likeness (QED) is 0.829. The zero-order valence-electron chi connectivity index (χ0n) is 11.3. The second-order valence-electron chi connectivity index (χ2n) is 4.21. The molecule has 0 unspecified atom stereocenters. The van der Waals surface area contributed by atoms with Crippen molar-refractivity contribution in [3.8, 4) is 10.4 Å². The highest BCUT2D eigenvalue weighted by Crippen LogP contribution is 2.33. The Hall–Kier alpha value is -1.28. The van der Waals surface area contributed by atoms with Crippen LogP contribution in [0.1, 0.15) is 5.56 Å². The van der Waals surface area contributed by atoms with Gasteiger partial charge in [0.15, 0.2) is 0 Å². The number of thiophene rings is 1. The smallest absolute Gasteiger partial charge is 0.250 e. The van der Waals surface area contributed by atoms with Gasteiger partial charge < -0.3 is 4.74 Å². The van der Waals surface area contributed by atoms with Crippen molar-refractivity contribution in [2.45, 2.75) is 11.1 Å². The highest BCUT2D eigenvalue weighted by Gasteiger charge is 2.20. The second kappa shape index (κ2) is 6.45. The number of nitrogens with one attached hydrogen (secondary N) is 1. The van der Waals surface area contributed by atoms with E-state index in [1.54, 1.807) is 19.3 Å². The van der Waals surface area contributed by atoms with Gasteiger partial charge >= 0.3 is 0 Å². The summed E-state index contributed by atoms with van der Waals surface area (Å²) < 4.78 is 32.1. The molecule has 0 bridgehead atoms. The fourth-order valence-corrected chi connectivity index (χ4v) is 4.47. The minimum Gasteiger partial charge on any atom is -0.383 e. The summed E-state index contributed by atoms with van der Waals surface area (Å²) in [6.07, 6.45) is 3.41. The molecule has 5 nitrogen and oxygen atoms in total. The van der Waals surface area contributed by atoms with E-state index in [0.29, 0.717) is 10.8 Å². The predicted molar refractivity (Wildman–Crippen MR) is 79.4 cm³/mol. The monoisotopic (exact) mass is 312 g/mol. The molecule has 0 aliphatic carbocycles. The first-order valence-corrected chi connectivity index (χ1v) is 8.34. The minimum atomic E-state index is -3.48. The maximum atomic E-state index is 12.2. The zero-order valence-corrected chi connectivity index (χ0v) is 12.9. The Labute approximate surface area is 122 Å². The molecule has 108 valence electrons. The molecule has 0 saturated heterocycles. The molecule has 2 rings (SSSR count). The summed E-state index contributed by atoms with van der Waals surface area (Å²) in [4.78, 5) is 4.94. The van der Waals surface area contributed by atoms with E-state index < -0.39 is 10.0 Å². The third-order valence-corrected chi connectivity index (χ3v) is 6.04. The Balaban J connectivity index is 2.28. The van der Waals surface area contributed by atoms with E-state index in [1.807, 2.05) is 18.2 Å². The van der Waals surface area contributed by atoms with E-state index in [9.17, 15) is 8.42 Å². The Morgan fingerprint density at radius 1 is 1.45 bits per heavy atom. The van der Waals surface area contributed by atoms with Crippen molar-refractivity contribution in [1.82, 2.24) is 9.71 Å². The molecule has 20 heavy (non-hydrogen) atoms. The highest BCUT2D eigenvalue weighted by molar-refractivity contribution is 7.91. The Kier molecular flexibility index (Phi) is 4.87. The number of aromatic nitrogens is 1. The number of aryl methyl sites for hydroxylation is 1. The number of hydrogen-bond acceptors (Lipinski definition) is 5. The van der Waals surface area contributed by atoms with E-state index in [-0.39, 0.29) is 6.54 Å². The molecule has 0 atom stereocenters. The normalized spacial score (nSPS) is 11.7. The van der Waals surface area contributed by atoms with Gasteiger partial charge in [0.05, 0.1) is 6.61 Å². The van der Waals surface area contributed by atoms with Crippen LogP contribution in [0.4, 0.5) is 0 Å². The van der Waals surface area contributed by atoms with Crippen LogP contribution in [-0.4, -0.2) is 33.7 Å². The van der Waals surface area contributed by atoms with Crippen LogP contribution in [0, 0.1) is 6.92 Å². The van der Waals surface area contributed by atoms with Crippen molar-refractivity contribution in [2.75, 3.05) is 20.3 Å². The summed E-state index contributed by atoms with van der Waals surface area (Å²) in [5.41, 5.74) is 1.65. The third-order valence-electron chi connectivity index (χ3n) is 2.66. The maximum Gasteiger partial charge on any atom is 0.250 e. The number of methoxy groups -OCH3 is 1. The number of sulfonamides is 1. The van der Waals surface area contributed by atoms with E-state index in [0.717, 1.165) is 16.0 Å². The summed E-state index contributed by atoms with van der Waals surface area (Å²) in [7, 11) is -1.95. The van der Waals surface area contributed by atoms with Crippen molar-refractivity contribution in [2.24, 2.45) is 0 Å². The highest BCUT2D eigenvalue weighted by atomic mass is 32.2. The molecule has 0 aromatic carbocycles. The van der Waals surface area contributed by atoms with Gasteiger partial charge in [-0.15, -0.1) is 11.3 Å². The fourth-order valence-electron chi connectivity index (χ4n) is 1.73. The molecule has 7 heteroatoms. The molecular weight excluding hydrogens is 296 g/mol. The van der Waals surface area contributed by atoms with Gasteiger partial charge in [0.2, 0.25) is 10.0 Å². The first kappa shape index (κ1) is 15.1. The summed E-state index contributed by atoms with van der Waals surface area (Å²) in [5.74, 6) is 0. The molecule has 0 aliphatic rings. The Morgan fingerprint density at radius 2 is 2.25 bits per heavy atom. The molecule has 0 fully saturated rings. The number of ether oxygens (including phenoxy) is 1. The number of hydrogen-bond donors (Lipinski definition) is 1. The van der Waals surface area contributed by atoms with E-state index in [2.05, 4.69) is 9.71 Å². The van der Waals surface area contributed by atoms with Gasteiger partial charge in [-0.1, -0.05) is 6.07 Å². The van der Waals surface area contributed by atoms with Gasteiger partial charge in [-0.2, -0.15) is 0 Å². The molecule has 0 saturated carbocycles. The molecule has 2 aromatic rings. The molecule has 0 aliphatic heterocycles. The van der Waals surface area contributed by atoms with Crippen LogP contribution in [0.15, 0.2) is 34.8 Å². The van der Waals surface area contributed by atoms with E-state index in [1.165, 1.54) is 18.4 Å². The molecule has 2 heterocycles. The molecule has 0 amide bonds. The van der Waals surface area contributed by atoms with Crippen molar-refractivity contribution in [3.05, 3.63) is 36.2 Å². The topological polar surface area (TPSA) is 68.3 Å². The lowest BCUT2D eigenvalue weighted by Crippen LogP contribution is -2.26. The summed E-state index contributed by atoms with van der Waals surface area (Å²) >= 11 is 1.25.